The molecule has 0 bridgehead atoms. The zero-order valence-electron chi connectivity index (χ0n) is 8.70. The summed E-state index contributed by atoms with van der Waals surface area (Å²) in [6, 6.07) is 0. The lowest BCUT2D eigenvalue weighted by Crippen LogP contribution is -2.39. The van der Waals surface area contributed by atoms with Crippen LogP contribution in [0.5, 0.6) is 0 Å². The minimum Gasteiger partial charge on any atom is -0.396 e. The Morgan fingerprint density at radius 3 is 2.79 bits per heavy atom. The average Bonchev–Trinajstić information content (AvgIpc) is 2.17. The Kier molecular flexibility index (Phi) is 3.98. The van der Waals surface area contributed by atoms with E-state index in [2.05, 4.69) is 29.1 Å². The van der Waals surface area contributed by atoms with Crippen molar-refractivity contribution in [2.24, 2.45) is 0 Å². The number of hydrogen-bond donors (Lipinski definition) is 2. The highest BCUT2D eigenvalue weighted by atomic mass is 16.3. The third-order valence-electron chi connectivity index (χ3n) is 2.10. The Hall–Kier alpha value is -1.00. The fourth-order valence-corrected chi connectivity index (χ4v) is 1.12. The van der Waals surface area contributed by atoms with Gasteiger partial charge in [0.05, 0.1) is 5.69 Å². The van der Waals surface area contributed by atoms with E-state index < -0.39 is 0 Å². The molecule has 0 saturated carbocycles. The quantitative estimate of drug-likeness (QED) is 0.727. The summed E-state index contributed by atoms with van der Waals surface area (Å²) in [5, 5.41) is 12.1. The van der Waals surface area contributed by atoms with Crippen LogP contribution in [0.2, 0.25) is 0 Å². The molecule has 0 atom stereocenters. The molecular weight excluding hydrogens is 178 g/mol. The first-order valence-corrected chi connectivity index (χ1v) is 4.75. The van der Waals surface area contributed by atoms with Gasteiger partial charge in [0.2, 0.25) is 0 Å². The number of rotatable bonds is 5. The van der Waals surface area contributed by atoms with E-state index in [1.54, 1.807) is 18.6 Å². The summed E-state index contributed by atoms with van der Waals surface area (Å²) in [7, 11) is 0. The fourth-order valence-electron chi connectivity index (χ4n) is 1.12. The van der Waals surface area contributed by atoms with Crippen molar-refractivity contribution in [1.29, 1.82) is 0 Å². The Labute approximate surface area is 84.4 Å². The molecule has 0 fully saturated rings. The molecule has 0 aliphatic carbocycles. The standard InChI is InChI=1S/C10H17N3O/c1-10(2,3-6-14)13-8-9-7-11-4-5-12-9/h4-5,7,13-14H,3,6,8H2,1-2H3. The molecule has 4 heteroatoms. The molecular formula is C10H17N3O. The molecule has 0 amide bonds. The molecule has 78 valence electrons. The monoisotopic (exact) mass is 195 g/mol. The van der Waals surface area contributed by atoms with E-state index in [0.717, 1.165) is 12.1 Å². The number of nitrogens with one attached hydrogen (secondary N) is 1. The van der Waals surface area contributed by atoms with Gasteiger partial charge in [-0.25, -0.2) is 0 Å². The van der Waals surface area contributed by atoms with Gasteiger partial charge >= 0.3 is 0 Å². The van der Waals surface area contributed by atoms with E-state index in [9.17, 15) is 0 Å². The van der Waals surface area contributed by atoms with E-state index >= 15 is 0 Å². The molecule has 0 aliphatic heterocycles. The Morgan fingerprint density at radius 1 is 1.43 bits per heavy atom. The second-order valence-corrected chi connectivity index (χ2v) is 3.91. The number of hydrogen-bond acceptors (Lipinski definition) is 4. The van der Waals surface area contributed by atoms with Gasteiger partial charge in [-0.15, -0.1) is 0 Å². The van der Waals surface area contributed by atoms with Crippen LogP contribution >= 0.6 is 0 Å². The molecule has 2 N–H and O–H groups in total. The van der Waals surface area contributed by atoms with Crippen LogP contribution in [-0.4, -0.2) is 27.2 Å². The van der Waals surface area contributed by atoms with Crippen LogP contribution in [0.3, 0.4) is 0 Å². The molecule has 0 aromatic carbocycles. The van der Waals surface area contributed by atoms with E-state index in [0.29, 0.717) is 6.54 Å². The van der Waals surface area contributed by atoms with Crippen molar-refractivity contribution < 1.29 is 5.11 Å². The summed E-state index contributed by atoms with van der Waals surface area (Å²) < 4.78 is 0. The van der Waals surface area contributed by atoms with E-state index in [-0.39, 0.29) is 12.1 Å². The van der Waals surface area contributed by atoms with E-state index in [4.69, 9.17) is 5.11 Å². The van der Waals surface area contributed by atoms with Gasteiger partial charge in [-0.1, -0.05) is 0 Å². The molecule has 14 heavy (non-hydrogen) atoms. The van der Waals surface area contributed by atoms with Crippen molar-refractivity contribution in [3.8, 4) is 0 Å². The summed E-state index contributed by atoms with van der Waals surface area (Å²) in [5.41, 5.74) is 0.852. The van der Waals surface area contributed by atoms with Crippen LogP contribution in [0.15, 0.2) is 18.6 Å². The third kappa shape index (κ3) is 3.81. The van der Waals surface area contributed by atoms with Crippen molar-refractivity contribution in [1.82, 2.24) is 15.3 Å². The Bertz CT molecular complexity index is 261. The molecule has 1 aromatic heterocycles. The highest BCUT2D eigenvalue weighted by molar-refractivity contribution is 4.95. The topological polar surface area (TPSA) is 58.0 Å². The third-order valence-corrected chi connectivity index (χ3v) is 2.10. The minimum absolute atomic E-state index is 0.0632. The lowest BCUT2D eigenvalue weighted by molar-refractivity contribution is 0.229. The van der Waals surface area contributed by atoms with Crippen LogP contribution in [0.4, 0.5) is 0 Å². The normalized spacial score (nSPS) is 11.6. The predicted octanol–water partition coefficient (Wildman–Crippen LogP) is 0.727. The van der Waals surface area contributed by atoms with E-state index in [1.165, 1.54) is 0 Å². The van der Waals surface area contributed by atoms with Gasteiger partial charge in [-0.2, -0.15) is 0 Å². The minimum atomic E-state index is -0.0632. The number of aliphatic hydroxyl groups excluding tert-OH is 1. The fraction of sp³-hybridized carbons (Fsp3) is 0.600. The lowest BCUT2D eigenvalue weighted by atomic mass is 10.0. The van der Waals surface area contributed by atoms with Gasteiger partial charge in [0.25, 0.3) is 0 Å². The number of nitrogens with zero attached hydrogens (tertiary/aromatic N) is 2. The first kappa shape index (κ1) is 11.1. The molecule has 4 nitrogen and oxygen atoms in total. The Morgan fingerprint density at radius 2 is 2.21 bits per heavy atom. The van der Waals surface area contributed by atoms with Crippen molar-refractivity contribution in [3.05, 3.63) is 24.3 Å². The maximum absolute atomic E-state index is 8.83. The maximum Gasteiger partial charge on any atom is 0.0724 e. The summed E-state index contributed by atoms with van der Waals surface area (Å²) in [6.45, 7) is 4.99. The van der Waals surface area contributed by atoms with Crippen molar-refractivity contribution in [2.45, 2.75) is 32.4 Å². The summed E-state index contributed by atoms with van der Waals surface area (Å²) in [4.78, 5) is 8.13. The second-order valence-electron chi connectivity index (χ2n) is 3.91. The number of aliphatic hydroxyl groups is 1. The predicted molar refractivity (Wildman–Crippen MR) is 54.7 cm³/mol. The van der Waals surface area contributed by atoms with Gasteiger partial charge in [0, 0.05) is 37.3 Å². The molecule has 0 unspecified atom stereocenters. The SMILES string of the molecule is CC(C)(CCO)NCc1cnccn1. The number of aromatic nitrogens is 2. The summed E-state index contributed by atoms with van der Waals surface area (Å²) in [5.74, 6) is 0. The zero-order valence-corrected chi connectivity index (χ0v) is 8.70. The summed E-state index contributed by atoms with van der Waals surface area (Å²) >= 11 is 0. The van der Waals surface area contributed by atoms with Crippen molar-refractivity contribution >= 4 is 0 Å². The van der Waals surface area contributed by atoms with Crippen LogP contribution in [0.1, 0.15) is 26.0 Å². The van der Waals surface area contributed by atoms with Gasteiger partial charge in [-0.05, 0) is 20.3 Å². The van der Waals surface area contributed by atoms with E-state index in [1.807, 2.05) is 0 Å². The second kappa shape index (κ2) is 5.02. The maximum atomic E-state index is 8.83. The highest BCUT2D eigenvalue weighted by Gasteiger charge is 2.15. The van der Waals surface area contributed by atoms with Gasteiger partial charge in [0.1, 0.15) is 0 Å². The van der Waals surface area contributed by atoms with Gasteiger partial charge in [-0.3, -0.25) is 9.97 Å². The lowest BCUT2D eigenvalue weighted by Gasteiger charge is -2.25. The van der Waals surface area contributed by atoms with Crippen molar-refractivity contribution in [2.75, 3.05) is 6.61 Å². The molecule has 1 aromatic rings. The molecule has 0 spiro atoms. The zero-order chi connectivity index (χ0) is 10.4. The average molecular weight is 195 g/mol. The smallest absolute Gasteiger partial charge is 0.0724 e. The van der Waals surface area contributed by atoms with Crippen LogP contribution < -0.4 is 5.32 Å². The van der Waals surface area contributed by atoms with Gasteiger partial charge in [0.15, 0.2) is 0 Å². The molecule has 0 radical (unpaired) electrons. The molecule has 0 aliphatic rings. The van der Waals surface area contributed by atoms with Crippen molar-refractivity contribution in [3.63, 3.8) is 0 Å². The molecule has 1 heterocycles. The molecule has 1 rings (SSSR count). The van der Waals surface area contributed by atoms with Crippen LogP contribution in [0.25, 0.3) is 0 Å². The Balaban J connectivity index is 2.40. The highest BCUT2D eigenvalue weighted by Crippen LogP contribution is 2.07. The van der Waals surface area contributed by atoms with Gasteiger partial charge < -0.3 is 10.4 Å². The van der Waals surface area contributed by atoms with Crippen LogP contribution in [-0.2, 0) is 6.54 Å². The molecule has 0 saturated heterocycles. The first-order valence-electron chi connectivity index (χ1n) is 4.75. The summed E-state index contributed by atoms with van der Waals surface area (Å²) in [6.07, 6.45) is 5.80. The first-order chi connectivity index (χ1) is 6.64. The van der Waals surface area contributed by atoms with Crippen LogP contribution in [0, 0.1) is 0 Å². The largest absolute Gasteiger partial charge is 0.396 e.